The summed E-state index contributed by atoms with van der Waals surface area (Å²) in [5.74, 6) is 1.02. The second-order valence-corrected chi connectivity index (χ2v) is 6.50. The molecule has 0 aromatic heterocycles. The molecule has 0 aromatic carbocycles. The van der Waals surface area contributed by atoms with E-state index in [0.29, 0.717) is 16.7 Å². The zero-order valence-electron chi connectivity index (χ0n) is 8.92. The largest absolute Gasteiger partial charge is 0.341 e. The van der Waals surface area contributed by atoms with E-state index < -0.39 is 0 Å². The molecule has 1 amide bonds. The number of carbonyl (C=O) groups excluding carboxylic acids is 1. The molecule has 14 heavy (non-hydrogen) atoms. The number of piperidine rings is 1. The standard InChI is InChI=1S/C11H18BrNO/c1-8-5-9(12)7-13(6-8)10(14)11(2)3-4-11/h8-9H,3-7H2,1-2H3. The fourth-order valence-electron chi connectivity index (χ4n) is 2.22. The minimum Gasteiger partial charge on any atom is -0.341 e. The molecule has 0 bridgehead atoms. The van der Waals surface area contributed by atoms with Crippen molar-refractivity contribution in [3.05, 3.63) is 0 Å². The number of carbonyl (C=O) groups is 1. The van der Waals surface area contributed by atoms with Crippen LogP contribution in [0.25, 0.3) is 0 Å². The number of halogens is 1. The molecule has 1 aliphatic carbocycles. The number of amides is 1. The van der Waals surface area contributed by atoms with Gasteiger partial charge in [0.05, 0.1) is 0 Å². The van der Waals surface area contributed by atoms with Crippen LogP contribution >= 0.6 is 15.9 Å². The van der Waals surface area contributed by atoms with Gasteiger partial charge in [-0.1, -0.05) is 29.8 Å². The Kier molecular flexibility index (Phi) is 2.63. The fourth-order valence-corrected chi connectivity index (χ4v) is 3.21. The summed E-state index contributed by atoms with van der Waals surface area (Å²) < 4.78 is 0. The van der Waals surface area contributed by atoms with Gasteiger partial charge in [0.1, 0.15) is 0 Å². The SMILES string of the molecule is CC1CC(Br)CN(C(=O)C2(C)CC2)C1. The van der Waals surface area contributed by atoms with Gasteiger partial charge in [-0.2, -0.15) is 0 Å². The van der Waals surface area contributed by atoms with E-state index in [2.05, 4.69) is 34.7 Å². The smallest absolute Gasteiger partial charge is 0.228 e. The summed E-state index contributed by atoms with van der Waals surface area (Å²) in [5.41, 5.74) is 0.00375. The van der Waals surface area contributed by atoms with Gasteiger partial charge in [-0.05, 0) is 25.2 Å². The Morgan fingerprint density at radius 3 is 2.57 bits per heavy atom. The number of nitrogens with zero attached hydrogens (tertiary/aromatic N) is 1. The van der Waals surface area contributed by atoms with Gasteiger partial charge in [0.2, 0.25) is 5.91 Å². The summed E-state index contributed by atoms with van der Waals surface area (Å²) in [7, 11) is 0. The van der Waals surface area contributed by atoms with E-state index in [4.69, 9.17) is 0 Å². The molecule has 2 atom stereocenters. The monoisotopic (exact) mass is 259 g/mol. The molecule has 2 unspecified atom stereocenters. The van der Waals surface area contributed by atoms with Crippen LogP contribution in [-0.4, -0.2) is 28.7 Å². The number of alkyl halides is 1. The first kappa shape index (κ1) is 10.5. The zero-order chi connectivity index (χ0) is 10.3. The van der Waals surface area contributed by atoms with Gasteiger partial charge in [0.25, 0.3) is 0 Å². The molecule has 2 rings (SSSR count). The second-order valence-electron chi connectivity index (χ2n) is 5.21. The van der Waals surface area contributed by atoms with Crippen LogP contribution in [0.1, 0.15) is 33.1 Å². The van der Waals surface area contributed by atoms with Gasteiger partial charge in [-0.3, -0.25) is 4.79 Å². The average molecular weight is 260 g/mol. The Hall–Kier alpha value is -0.0500. The minimum atomic E-state index is 0.00375. The number of hydrogen-bond donors (Lipinski definition) is 0. The first-order chi connectivity index (χ1) is 6.51. The highest BCUT2D eigenvalue weighted by Crippen LogP contribution is 2.47. The third-order valence-corrected chi connectivity index (χ3v) is 4.08. The van der Waals surface area contributed by atoms with Gasteiger partial charge in [-0.25, -0.2) is 0 Å². The highest BCUT2D eigenvalue weighted by Gasteiger charge is 2.47. The van der Waals surface area contributed by atoms with E-state index in [-0.39, 0.29) is 5.41 Å². The van der Waals surface area contributed by atoms with E-state index >= 15 is 0 Å². The molecule has 0 spiro atoms. The van der Waals surface area contributed by atoms with Crippen LogP contribution < -0.4 is 0 Å². The highest BCUT2D eigenvalue weighted by atomic mass is 79.9. The van der Waals surface area contributed by atoms with Crippen molar-refractivity contribution in [3.8, 4) is 0 Å². The summed E-state index contributed by atoms with van der Waals surface area (Å²) in [6.07, 6.45) is 3.37. The molecule has 1 aliphatic heterocycles. The molecule has 2 aliphatic rings. The molecule has 3 heteroatoms. The highest BCUT2D eigenvalue weighted by molar-refractivity contribution is 9.09. The van der Waals surface area contributed by atoms with Gasteiger partial charge >= 0.3 is 0 Å². The molecule has 0 aromatic rings. The topological polar surface area (TPSA) is 20.3 Å². The second kappa shape index (κ2) is 3.51. The van der Waals surface area contributed by atoms with Crippen molar-refractivity contribution in [1.29, 1.82) is 0 Å². The third-order valence-electron chi connectivity index (χ3n) is 3.41. The lowest BCUT2D eigenvalue weighted by Crippen LogP contribution is -2.46. The molecular weight excluding hydrogens is 242 g/mol. The van der Waals surface area contributed by atoms with Crippen molar-refractivity contribution in [3.63, 3.8) is 0 Å². The molecule has 1 saturated heterocycles. The normalized spacial score (nSPS) is 35.5. The van der Waals surface area contributed by atoms with E-state index in [9.17, 15) is 4.79 Å². The van der Waals surface area contributed by atoms with Crippen LogP contribution in [0, 0.1) is 11.3 Å². The Labute approximate surface area is 94.2 Å². The van der Waals surface area contributed by atoms with E-state index in [1.807, 2.05) is 0 Å². The quantitative estimate of drug-likeness (QED) is 0.663. The summed E-state index contributed by atoms with van der Waals surface area (Å²) in [6.45, 7) is 6.18. The maximum Gasteiger partial charge on any atom is 0.228 e. The molecule has 0 N–H and O–H groups in total. The third kappa shape index (κ3) is 1.97. The summed E-state index contributed by atoms with van der Waals surface area (Å²) in [4.78, 5) is 14.6. The van der Waals surface area contributed by atoms with Crippen LogP contribution in [0.3, 0.4) is 0 Å². The molecule has 1 heterocycles. The summed E-state index contributed by atoms with van der Waals surface area (Å²) >= 11 is 3.63. The number of likely N-dealkylation sites (tertiary alicyclic amines) is 1. The lowest BCUT2D eigenvalue weighted by Gasteiger charge is -2.35. The minimum absolute atomic E-state index is 0.00375. The maximum atomic E-state index is 12.1. The predicted molar refractivity (Wildman–Crippen MR) is 60.4 cm³/mol. The summed E-state index contributed by atoms with van der Waals surface area (Å²) in [5, 5.41) is 0. The van der Waals surface area contributed by atoms with Crippen LogP contribution in [-0.2, 0) is 4.79 Å². The Morgan fingerprint density at radius 2 is 2.07 bits per heavy atom. The Bertz CT molecular complexity index is 240. The van der Waals surface area contributed by atoms with Crippen molar-refractivity contribution in [2.75, 3.05) is 13.1 Å². The Balaban J connectivity index is 2.00. The van der Waals surface area contributed by atoms with Crippen molar-refractivity contribution in [2.24, 2.45) is 11.3 Å². The van der Waals surface area contributed by atoms with E-state index in [1.54, 1.807) is 0 Å². The van der Waals surface area contributed by atoms with Crippen LogP contribution in [0.15, 0.2) is 0 Å². The van der Waals surface area contributed by atoms with Gasteiger partial charge in [0.15, 0.2) is 0 Å². The van der Waals surface area contributed by atoms with Crippen molar-refractivity contribution >= 4 is 21.8 Å². The fraction of sp³-hybridized carbons (Fsp3) is 0.909. The predicted octanol–water partition coefficient (Wildman–Crippen LogP) is 2.42. The van der Waals surface area contributed by atoms with Gasteiger partial charge < -0.3 is 4.90 Å². The molecule has 0 radical (unpaired) electrons. The van der Waals surface area contributed by atoms with Gasteiger partial charge in [-0.15, -0.1) is 0 Å². The first-order valence-electron chi connectivity index (χ1n) is 5.45. The summed E-state index contributed by atoms with van der Waals surface area (Å²) in [6, 6.07) is 0. The molecule has 2 fully saturated rings. The molecule has 80 valence electrons. The van der Waals surface area contributed by atoms with Crippen molar-refractivity contribution < 1.29 is 4.79 Å². The zero-order valence-corrected chi connectivity index (χ0v) is 10.5. The molecule has 2 nitrogen and oxygen atoms in total. The average Bonchev–Trinajstić information content (AvgIpc) is 2.82. The van der Waals surface area contributed by atoms with Crippen LogP contribution in [0.4, 0.5) is 0 Å². The van der Waals surface area contributed by atoms with Gasteiger partial charge in [0, 0.05) is 23.3 Å². The first-order valence-corrected chi connectivity index (χ1v) is 6.36. The lowest BCUT2D eigenvalue weighted by molar-refractivity contribution is -0.137. The molecule has 1 saturated carbocycles. The van der Waals surface area contributed by atoms with Crippen molar-refractivity contribution in [1.82, 2.24) is 4.90 Å². The van der Waals surface area contributed by atoms with Crippen LogP contribution in [0.5, 0.6) is 0 Å². The number of hydrogen-bond acceptors (Lipinski definition) is 1. The Morgan fingerprint density at radius 1 is 1.43 bits per heavy atom. The lowest BCUT2D eigenvalue weighted by atomic mass is 9.98. The van der Waals surface area contributed by atoms with Crippen LogP contribution in [0.2, 0.25) is 0 Å². The van der Waals surface area contributed by atoms with Crippen molar-refractivity contribution in [2.45, 2.75) is 37.9 Å². The van der Waals surface area contributed by atoms with E-state index in [1.165, 1.54) is 6.42 Å². The number of rotatable bonds is 1. The maximum absolute atomic E-state index is 12.1. The van der Waals surface area contributed by atoms with E-state index in [0.717, 1.165) is 25.9 Å². The molecular formula is C11H18BrNO.